The number of hydrogen-bond acceptors (Lipinski definition) is 4. The number of nitrogen functional groups attached to an aromatic ring is 1. The topological polar surface area (TPSA) is 67.6 Å². The summed E-state index contributed by atoms with van der Waals surface area (Å²) in [5, 5.41) is 0. The second-order valence-electron chi connectivity index (χ2n) is 3.53. The lowest BCUT2D eigenvalue weighted by Crippen LogP contribution is -2.07. The highest BCUT2D eigenvalue weighted by Crippen LogP contribution is 2.20. The van der Waals surface area contributed by atoms with E-state index in [0.29, 0.717) is 5.95 Å². The van der Waals surface area contributed by atoms with Crippen LogP contribution in [0.15, 0.2) is 30.3 Å². The molecule has 0 aliphatic heterocycles. The van der Waals surface area contributed by atoms with E-state index in [-0.39, 0.29) is 10.7 Å². The fraction of sp³-hybridized carbons (Fsp3) is 0.182. The van der Waals surface area contributed by atoms with Gasteiger partial charge in [0.15, 0.2) is 0 Å². The Hall–Kier alpha value is -1.75. The predicted molar refractivity (Wildman–Crippen MR) is 65.6 cm³/mol. The molecule has 0 fully saturated rings. The molecular formula is C11H12N4S. The summed E-state index contributed by atoms with van der Waals surface area (Å²) in [6.45, 7) is 2.04. The number of nitrogens with one attached hydrogen (secondary N) is 1. The number of nitrogens with zero attached hydrogens (tertiary/aromatic N) is 2. The van der Waals surface area contributed by atoms with Gasteiger partial charge >= 0.3 is 0 Å². The van der Waals surface area contributed by atoms with E-state index in [2.05, 4.69) is 15.0 Å². The zero-order valence-electron chi connectivity index (χ0n) is 8.84. The predicted octanol–water partition coefficient (Wildman–Crippen LogP) is 2.27. The average Bonchev–Trinajstić information content (AvgIpc) is 2.28. The summed E-state index contributed by atoms with van der Waals surface area (Å²) in [6.07, 6.45) is 0. The molecule has 0 saturated carbocycles. The molecule has 1 heterocycles. The standard InChI is InChI=1S/C11H12N4S/c1-7(8-5-3-2-4-6-8)9-13-10(12)15-11(16)14-9/h2-7H,1H3,(H3,12,13,14,15,16). The van der Waals surface area contributed by atoms with Gasteiger partial charge in [0, 0.05) is 5.92 Å². The number of hydrogen-bond donors (Lipinski definition) is 2. The first kappa shape index (κ1) is 10.8. The molecule has 3 N–H and O–H groups in total. The van der Waals surface area contributed by atoms with Crippen molar-refractivity contribution in [3.63, 3.8) is 0 Å². The Morgan fingerprint density at radius 3 is 2.56 bits per heavy atom. The van der Waals surface area contributed by atoms with Gasteiger partial charge in [-0.15, -0.1) is 0 Å². The molecule has 2 rings (SSSR count). The molecule has 1 aromatic heterocycles. The third kappa shape index (κ3) is 2.25. The molecule has 0 bridgehead atoms. The normalized spacial score (nSPS) is 12.3. The highest BCUT2D eigenvalue weighted by Gasteiger charge is 2.10. The first-order valence-corrected chi connectivity index (χ1v) is 5.36. The summed E-state index contributed by atoms with van der Waals surface area (Å²) in [4.78, 5) is 10.9. The van der Waals surface area contributed by atoms with Gasteiger partial charge in [0.05, 0.1) is 0 Å². The molecule has 0 aliphatic rings. The molecule has 1 aromatic carbocycles. The molecule has 2 aromatic rings. The van der Waals surface area contributed by atoms with Crippen LogP contribution in [0.1, 0.15) is 24.2 Å². The first-order valence-electron chi connectivity index (χ1n) is 4.95. The van der Waals surface area contributed by atoms with Gasteiger partial charge in [0.2, 0.25) is 10.7 Å². The summed E-state index contributed by atoms with van der Waals surface area (Å²) < 4.78 is 0.272. The van der Waals surface area contributed by atoms with Gasteiger partial charge in [-0.3, -0.25) is 0 Å². The molecule has 82 valence electrons. The van der Waals surface area contributed by atoms with Crippen molar-refractivity contribution in [2.45, 2.75) is 12.8 Å². The molecule has 1 unspecified atom stereocenters. The maximum atomic E-state index is 5.60. The van der Waals surface area contributed by atoms with Gasteiger partial charge < -0.3 is 10.7 Å². The molecule has 0 amide bonds. The van der Waals surface area contributed by atoms with E-state index in [1.807, 2.05) is 37.3 Å². The number of nitrogens with two attached hydrogens (primary N) is 1. The summed E-state index contributed by atoms with van der Waals surface area (Å²) in [7, 11) is 0. The Kier molecular flexibility index (Phi) is 2.96. The van der Waals surface area contributed by atoms with Gasteiger partial charge in [-0.05, 0) is 17.8 Å². The first-order chi connectivity index (χ1) is 7.66. The van der Waals surface area contributed by atoms with Crippen molar-refractivity contribution in [1.82, 2.24) is 15.0 Å². The molecule has 0 radical (unpaired) electrons. The second kappa shape index (κ2) is 4.40. The molecule has 4 nitrogen and oxygen atoms in total. The van der Waals surface area contributed by atoms with E-state index in [1.165, 1.54) is 0 Å². The van der Waals surface area contributed by atoms with Crippen LogP contribution in [0.25, 0.3) is 0 Å². The molecule has 0 aliphatic carbocycles. The number of aromatic nitrogens is 3. The van der Waals surface area contributed by atoms with Crippen molar-refractivity contribution in [1.29, 1.82) is 0 Å². The lowest BCUT2D eigenvalue weighted by Gasteiger charge is -2.11. The minimum Gasteiger partial charge on any atom is -0.369 e. The van der Waals surface area contributed by atoms with Crippen LogP contribution in [0.5, 0.6) is 0 Å². The highest BCUT2D eigenvalue weighted by molar-refractivity contribution is 7.71. The summed E-state index contributed by atoms with van der Waals surface area (Å²) >= 11 is 4.93. The van der Waals surface area contributed by atoms with Crippen LogP contribution in [-0.2, 0) is 0 Å². The SMILES string of the molecule is CC(c1ccccc1)c1nc(=S)nc(N)[nH]1. The number of benzene rings is 1. The van der Waals surface area contributed by atoms with Gasteiger partial charge in [0.25, 0.3) is 0 Å². The maximum absolute atomic E-state index is 5.60. The monoisotopic (exact) mass is 232 g/mol. The van der Waals surface area contributed by atoms with E-state index in [9.17, 15) is 0 Å². The van der Waals surface area contributed by atoms with E-state index < -0.39 is 0 Å². The minimum absolute atomic E-state index is 0.119. The molecule has 0 spiro atoms. The average molecular weight is 232 g/mol. The van der Waals surface area contributed by atoms with Crippen molar-refractivity contribution < 1.29 is 0 Å². The van der Waals surface area contributed by atoms with Gasteiger partial charge in [-0.1, -0.05) is 37.3 Å². The van der Waals surface area contributed by atoms with Crippen LogP contribution in [0.3, 0.4) is 0 Å². The number of aromatic amines is 1. The minimum atomic E-state index is 0.119. The summed E-state index contributed by atoms with van der Waals surface area (Å²) in [5.41, 5.74) is 6.76. The van der Waals surface area contributed by atoms with Crippen molar-refractivity contribution >= 4 is 18.2 Å². The Morgan fingerprint density at radius 2 is 1.94 bits per heavy atom. The zero-order valence-corrected chi connectivity index (χ0v) is 9.66. The Labute approximate surface area is 98.6 Å². The van der Waals surface area contributed by atoms with Crippen LogP contribution >= 0.6 is 12.2 Å². The van der Waals surface area contributed by atoms with Crippen LogP contribution < -0.4 is 5.73 Å². The number of rotatable bonds is 2. The van der Waals surface area contributed by atoms with Gasteiger partial charge in [0.1, 0.15) is 5.82 Å². The lowest BCUT2D eigenvalue weighted by molar-refractivity contribution is 0.796. The fourth-order valence-electron chi connectivity index (χ4n) is 1.52. The van der Waals surface area contributed by atoms with Crippen LogP contribution in [-0.4, -0.2) is 15.0 Å². The Morgan fingerprint density at radius 1 is 1.25 bits per heavy atom. The van der Waals surface area contributed by atoms with Crippen LogP contribution in [0, 0.1) is 4.77 Å². The van der Waals surface area contributed by atoms with E-state index in [1.54, 1.807) is 0 Å². The Bertz CT molecular complexity index is 535. The third-order valence-corrected chi connectivity index (χ3v) is 2.58. The van der Waals surface area contributed by atoms with Gasteiger partial charge in [-0.2, -0.15) is 4.98 Å². The fourth-order valence-corrected chi connectivity index (χ4v) is 1.72. The quantitative estimate of drug-likeness (QED) is 0.779. The van der Waals surface area contributed by atoms with E-state index >= 15 is 0 Å². The van der Waals surface area contributed by atoms with E-state index in [0.717, 1.165) is 11.4 Å². The largest absolute Gasteiger partial charge is 0.369 e. The summed E-state index contributed by atoms with van der Waals surface area (Å²) in [6, 6.07) is 10.0. The van der Waals surface area contributed by atoms with E-state index in [4.69, 9.17) is 18.0 Å². The molecular weight excluding hydrogens is 220 g/mol. The third-order valence-electron chi connectivity index (χ3n) is 2.40. The number of H-pyrrole nitrogens is 1. The second-order valence-corrected chi connectivity index (χ2v) is 3.90. The molecule has 16 heavy (non-hydrogen) atoms. The molecule has 1 atom stereocenters. The maximum Gasteiger partial charge on any atom is 0.224 e. The van der Waals surface area contributed by atoms with Crippen molar-refractivity contribution in [3.8, 4) is 0 Å². The smallest absolute Gasteiger partial charge is 0.224 e. The Balaban J connectivity index is 2.41. The van der Waals surface area contributed by atoms with Crippen LogP contribution in [0.4, 0.5) is 5.95 Å². The lowest BCUT2D eigenvalue weighted by atomic mass is 10.0. The zero-order chi connectivity index (χ0) is 11.5. The molecule has 0 saturated heterocycles. The highest BCUT2D eigenvalue weighted by atomic mass is 32.1. The van der Waals surface area contributed by atoms with Crippen molar-refractivity contribution in [2.75, 3.05) is 5.73 Å². The summed E-state index contributed by atoms with van der Waals surface area (Å²) in [5.74, 6) is 1.16. The van der Waals surface area contributed by atoms with Crippen molar-refractivity contribution in [3.05, 3.63) is 46.5 Å². The van der Waals surface area contributed by atoms with Crippen molar-refractivity contribution in [2.24, 2.45) is 0 Å². The number of anilines is 1. The molecule has 5 heteroatoms. The van der Waals surface area contributed by atoms with Gasteiger partial charge in [-0.25, -0.2) is 4.98 Å². The van der Waals surface area contributed by atoms with Crippen LogP contribution in [0.2, 0.25) is 0 Å².